The summed E-state index contributed by atoms with van der Waals surface area (Å²) < 4.78 is 5.66. The van der Waals surface area contributed by atoms with Gasteiger partial charge in [-0.05, 0) is 30.7 Å². The lowest BCUT2D eigenvalue weighted by atomic mass is 10.3. The molecule has 0 aliphatic rings. The minimum Gasteiger partial charge on any atom is -0.490 e. The van der Waals surface area contributed by atoms with Crippen LogP contribution in [0.15, 0.2) is 24.3 Å². The Bertz CT molecular complexity index is 244. The van der Waals surface area contributed by atoms with Gasteiger partial charge in [0.1, 0.15) is 11.9 Å². The van der Waals surface area contributed by atoms with Crippen LogP contribution < -0.4 is 4.74 Å². The Hall–Kier alpha value is -0.210. The SMILES string of the molecule is CCC(CBr)Oc1ccc(Cl)cc1. The topological polar surface area (TPSA) is 9.23 Å². The highest BCUT2D eigenvalue weighted by atomic mass is 79.9. The molecule has 0 N–H and O–H groups in total. The van der Waals surface area contributed by atoms with Crippen molar-refractivity contribution in [3.05, 3.63) is 29.3 Å². The van der Waals surface area contributed by atoms with Crippen molar-refractivity contribution in [1.82, 2.24) is 0 Å². The van der Waals surface area contributed by atoms with E-state index in [1.54, 1.807) is 0 Å². The molecule has 0 fully saturated rings. The first-order valence-electron chi connectivity index (χ1n) is 4.24. The van der Waals surface area contributed by atoms with Gasteiger partial charge in [0.25, 0.3) is 0 Å². The van der Waals surface area contributed by atoms with Crippen molar-refractivity contribution in [3.63, 3.8) is 0 Å². The molecule has 0 radical (unpaired) electrons. The van der Waals surface area contributed by atoms with E-state index in [0.29, 0.717) is 0 Å². The predicted molar refractivity (Wildman–Crippen MR) is 60.0 cm³/mol. The van der Waals surface area contributed by atoms with Crippen molar-refractivity contribution in [2.75, 3.05) is 5.33 Å². The minimum atomic E-state index is 0.237. The van der Waals surface area contributed by atoms with Crippen LogP contribution in [0.25, 0.3) is 0 Å². The summed E-state index contributed by atoms with van der Waals surface area (Å²) in [5.74, 6) is 0.871. The highest BCUT2D eigenvalue weighted by Crippen LogP contribution is 2.18. The maximum absolute atomic E-state index is 5.75. The van der Waals surface area contributed by atoms with Gasteiger partial charge in [-0.1, -0.05) is 34.5 Å². The molecule has 0 aromatic heterocycles. The molecule has 0 aliphatic carbocycles. The molecule has 72 valence electrons. The van der Waals surface area contributed by atoms with Crippen molar-refractivity contribution < 1.29 is 4.74 Å². The second-order valence-corrected chi connectivity index (χ2v) is 3.84. The Morgan fingerprint density at radius 3 is 2.46 bits per heavy atom. The van der Waals surface area contributed by atoms with Crippen LogP contribution in [0.1, 0.15) is 13.3 Å². The number of alkyl halides is 1. The van der Waals surface area contributed by atoms with Crippen LogP contribution in [0.4, 0.5) is 0 Å². The molecular weight excluding hydrogens is 251 g/mol. The van der Waals surface area contributed by atoms with Crippen LogP contribution in [-0.4, -0.2) is 11.4 Å². The molecule has 0 saturated carbocycles. The van der Waals surface area contributed by atoms with E-state index in [1.165, 1.54) is 0 Å². The summed E-state index contributed by atoms with van der Waals surface area (Å²) in [7, 11) is 0. The summed E-state index contributed by atoms with van der Waals surface area (Å²) in [5.41, 5.74) is 0. The van der Waals surface area contributed by atoms with E-state index in [-0.39, 0.29) is 6.10 Å². The number of halogens is 2. The fraction of sp³-hybridized carbons (Fsp3) is 0.400. The van der Waals surface area contributed by atoms with E-state index < -0.39 is 0 Å². The van der Waals surface area contributed by atoms with Crippen LogP contribution in [0, 0.1) is 0 Å². The molecule has 0 heterocycles. The van der Waals surface area contributed by atoms with Gasteiger partial charge >= 0.3 is 0 Å². The second kappa shape index (κ2) is 5.51. The van der Waals surface area contributed by atoms with E-state index in [2.05, 4.69) is 22.9 Å². The molecule has 0 spiro atoms. The van der Waals surface area contributed by atoms with Crippen LogP contribution in [0.2, 0.25) is 5.02 Å². The first-order valence-corrected chi connectivity index (χ1v) is 5.74. The Labute approximate surface area is 92.2 Å². The molecule has 0 aliphatic heterocycles. The third-order valence-electron chi connectivity index (χ3n) is 1.74. The normalized spacial score (nSPS) is 12.5. The average Bonchev–Trinajstić information content (AvgIpc) is 2.17. The first kappa shape index (κ1) is 10.9. The lowest BCUT2D eigenvalue weighted by molar-refractivity contribution is 0.223. The molecule has 1 atom stereocenters. The van der Waals surface area contributed by atoms with Crippen LogP contribution in [0.3, 0.4) is 0 Å². The lowest BCUT2D eigenvalue weighted by Crippen LogP contribution is -2.16. The molecule has 0 saturated heterocycles. The molecule has 13 heavy (non-hydrogen) atoms. The van der Waals surface area contributed by atoms with Crippen molar-refractivity contribution in [1.29, 1.82) is 0 Å². The molecular formula is C10H12BrClO. The molecule has 1 nitrogen and oxygen atoms in total. The Kier molecular flexibility index (Phi) is 4.60. The summed E-state index contributed by atoms with van der Waals surface area (Å²) >= 11 is 9.15. The van der Waals surface area contributed by atoms with Gasteiger partial charge in [0.15, 0.2) is 0 Å². The van der Waals surface area contributed by atoms with E-state index in [9.17, 15) is 0 Å². The van der Waals surface area contributed by atoms with E-state index >= 15 is 0 Å². The highest BCUT2D eigenvalue weighted by molar-refractivity contribution is 9.09. The predicted octanol–water partition coefficient (Wildman–Crippen LogP) is 3.89. The number of hydrogen-bond donors (Lipinski definition) is 0. The molecule has 1 rings (SSSR count). The smallest absolute Gasteiger partial charge is 0.119 e. The van der Waals surface area contributed by atoms with E-state index in [4.69, 9.17) is 16.3 Å². The van der Waals surface area contributed by atoms with Crippen molar-refractivity contribution in [2.45, 2.75) is 19.4 Å². The summed E-state index contributed by atoms with van der Waals surface area (Å²) in [6.45, 7) is 2.10. The van der Waals surface area contributed by atoms with Gasteiger partial charge in [-0.2, -0.15) is 0 Å². The fourth-order valence-electron chi connectivity index (χ4n) is 0.930. The van der Waals surface area contributed by atoms with Crippen molar-refractivity contribution in [2.24, 2.45) is 0 Å². The largest absolute Gasteiger partial charge is 0.490 e. The zero-order valence-corrected chi connectivity index (χ0v) is 9.81. The Morgan fingerprint density at radius 1 is 1.38 bits per heavy atom. The number of hydrogen-bond acceptors (Lipinski definition) is 1. The van der Waals surface area contributed by atoms with Gasteiger partial charge in [0.2, 0.25) is 0 Å². The molecule has 0 amide bonds. The minimum absolute atomic E-state index is 0.237. The lowest BCUT2D eigenvalue weighted by Gasteiger charge is -2.14. The van der Waals surface area contributed by atoms with Gasteiger partial charge in [-0.3, -0.25) is 0 Å². The molecule has 1 unspecified atom stereocenters. The number of ether oxygens (including phenoxy) is 1. The molecule has 3 heteroatoms. The van der Waals surface area contributed by atoms with Gasteiger partial charge in [0, 0.05) is 10.4 Å². The maximum Gasteiger partial charge on any atom is 0.119 e. The third kappa shape index (κ3) is 3.57. The number of benzene rings is 1. The van der Waals surface area contributed by atoms with Gasteiger partial charge in [-0.25, -0.2) is 0 Å². The molecule has 1 aromatic rings. The van der Waals surface area contributed by atoms with Crippen molar-refractivity contribution in [3.8, 4) is 5.75 Å². The summed E-state index contributed by atoms with van der Waals surface area (Å²) in [4.78, 5) is 0. The quantitative estimate of drug-likeness (QED) is 0.749. The Balaban J connectivity index is 2.58. The van der Waals surface area contributed by atoms with Gasteiger partial charge in [0.05, 0.1) is 0 Å². The number of rotatable bonds is 4. The highest BCUT2D eigenvalue weighted by Gasteiger charge is 2.04. The van der Waals surface area contributed by atoms with Crippen LogP contribution in [-0.2, 0) is 0 Å². The zero-order valence-electron chi connectivity index (χ0n) is 7.47. The Morgan fingerprint density at radius 2 is 2.00 bits per heavy atom. The van der Waals surface area contributed by atoms with Crippen molar-refractivity contribution >= 4 is 27.5 Å². The summed E-state index contributed by atoms with van der Waals surface area (Å²) in [6, 6.07) is 7.43. The van der Waals surface area contributed by atoms with Crippen LogP contribution >= 0.6 is 27.5 Å². The fourth-order valence-corrected chi connectivity index (χ4v) is 1.65. The van der Waals surface area contributed by atoms with E-state index in [0.717, 1.165) is 22.5 Å². The van der Waals surface area contributed by atoms with Crippen LogP contribution in [0.5, 0.6) is 5.75 Å². The standard InChI is InChI=1S/C10H12BrClO/c1-2-9(7-11)13-10-5-3-8(12)4-6-10/h3-6,9H,2,7H2,1H3. The first-order chi connectivity index (χ1) is 6.26. The van der Waals surface area contributed by atoms with Gasteiger partial charge in [-0.15, -0.1) is 0 Å². The maximum atomic E-state index is 5.75. The monoisotopic (exact) mass is 262 g/mol. The summed E-state index contributed by atoms with van der Waals surface area (Å²) in [6.07, 6.45) is 1.23. The summed E-state index contributed by atoms with van der Waals surface area (Å²) in [5, 5.41) is 1.59. The third-order valence-corrected chi connectivity index (χ3v) is 2.72. The van der Waals surface area contributed by atoms with E-state index in [1.807, 2.05) is 24.3 Å². The zero-order chi connectivity index (χ0) is 9.68. The molecule has 0 bridgehead atoms. The van der Waals surface area contributed by atoms with Gasteiger partial charge < -0.3 is 4.74 Å². The molecule has 1 aromatic carbocycles. The second-order valence-electron chi connectivity index (χ2n) is 2.76. The average molecular weight is 264 g/mol.